The summed E-state index contributed by atoms with van der Waals surface area (Å²) >= 11 is 6.04. The average Bonchev–Trinajstić information content (AvgIpc) is 3.01. The molecule has 1 atom stereocenters. The number of urea groups is 1. The minimum absolute atomic E-state index is 0.0545. The molecule has 0 aliphatic carbocycles. The number of carbonyl (C=O) groups excluding carboxylic acids is 1. The van der Waals surface area contributed by atoms with Crippen LogP contribution in [0.1, 0.15) is 35.6 Å². The highest BCUT2D eigenvalue weighted by atomic mass is 35.5. The van der Waals surface area contributed by atoms with Crippen LogP contribution in [0.25, 0.3) is 0 Å². The van der Waals surface area contributed by atoms with Crippen LogP contribution >= 0.6 is 11.6 Å². The van der Waals surface area contributed by atoms with Crippen LogP contribution < -0.4 is 5.32 Å². The molecule has 0 bridgehead atoms. The van der Waals surface area contributed by atoms with Gasteiger partial charge in [0.25, 0.3) is 0 Å². The van der Waals surface area contributed by atoms with Crippen molar-refractivity contribution in [2.75, 3.05) is 11.9 Å². The van der Waals surface area contributed by atoms with Crippen molar-refractivity contribution in [1.29, 1.82) is 0 Å². The topological polar surface area (TPSA) is 32.3 Å². The van der Waals surface area contributed by atoms with Crippen LogP contribution in [-0.2, 0) is 0 Å². The van der Waals surface area contributed by atoms with E-state index in [4.69, 9.17) is 11.6 Å². The van der Waals surface area contributed by atoms with Crippen LogP contribution in [0.2, 0.25) is 5.02 Å². The highest BCUT2D eigenvalue weighted by Crippen LogP contribution is 2.34. The molecule has 23 heavy (non-hydrogen) atoms. The fourth-order valence-corrected chi connectivity index (χ4v) is 3.38. The van der Waals surface area contributed by atoms with Crippen LogP contribution in [0.5, 0.6) is 0 Å². The van der Waals surface area contributed by atoms with Crippen molar-refractivity contribution in [3.8, 4) is 0 Å². The third-order valence-electron chi connectivity index (χ3n) is 4.50. The first-order valence-corrected chi connectivity index (χ1v) is 8.33. The summed E-state index contributed by atoms with van der Waals surface area (Å²) in [4.78, 5) is 14.7. The van der Waals surface area contributed by atoms with E-state index in [2.05, 4.69) is 24.4 Å². The molecule has 0 aromatic heterocycles. The Morgan fingerprint density at radius 2 is 1.96 bits per heavy atom. The first-order chi connectivity index (χ1) is 11.1. The second kappa shape index (κ2) is 6.63. The van der Waals surface area contributed by atoms with Gasteiger partial charge in [0.2, 0.25) is 0 Å². The number of halogens is 1. The van der Waals surface area contributed by atoms with E-state index in [0.717, 1.165) is 30.6 Å². The van der Waals surface area contributed by atoms with E-state index in [-0.39, 0.29) is 12.1 Å². The molecule has 4 heteroatoms. The molecule has 1 unspecified atom stereocenters. The van der Waals surface area contributed by atoms with Crippen molar-refractivity contribution in [2.45, 2.75) is 32.7 Å². The monoisotopic (exact) mass is 328 g/mol. The van der Waals surface area contributed by atoms with Crippen molar-refractivity contribution >= 4 is 23.3 Å². The van der Waals surface area contributed by atoms with Gasteiger partial charge < -0.3 is 10.2 Å². The standard InChI is InChI=1S/C19H21ClN2O/c1-13-6-3-4-7-16(13)18-8-5-11-22(18)19(23)21-17-12-15(20)10-9-14(17)2/h3-4,6-7,9-10,12,18H,5,8,11H2,1-2H3,(H,21,23). The molecular weight excluding hydrogens is 308 g/mol. The van der Waals surface area contributed by atoms with Gasteiger partial charge in [0.05, 0.1) is 6.04 Å². The summed E-state index contributed by atoms with van der Waals surface area (Å²) in [7, 11) is 0. The Morgan fingerprint density at radius 3 is 2.74 bits per heavy atom. The fraction of sp³-hybridized carbons (Fsp3) is 0.316. The van der Waals surface area contributed by atoms with Gasteiger partial charge in [0.1, 0.15) is 0 Å². The number of hydrogen-bond acceptors (Lipinski definition) is 1. The predicted octanol–water partition coefficient (Wildman–Crippen LogP) is 5.33. The molecule has 0 radical (unpaired) electrons. The minimum atomic E-state index is -0.0545. The van der Waals surface area contributed by atoms with E-state index in [9.17, 15) is 4.79 Å². The zero-order chi connectivity index (χ0) is 16.4. The fourth-order valence-electron chi connectivity index (χ4n) is 3.21. The summed E-state index contributed by atoms with van der Waals surface area (Å²) in [5, 5.41) is 3.64. The number of nitrogens with one attached hydrogen (secondary N) is 1. The quantitative estimate of drug-likeness (QED) is 0.794. The Kier molecular flexibility index (Phi) is 4.58. The number of hydrogen-bond donors (Lipinski definition) is 1. The molecule has 1 fully saturated rings. The second-order valence-corrected chi connectivity index (χ2v) is 6.53. The number of rotatable bonds is 2. The Labute approximate surface area is 142 Å². The maximum Gasteiger partial charge on any atom is 0.322 e. The molecule has 120 valence electrons. The largest absolute Gasteiger partial charge is 0.322 e. The van der Waals surface area contributed by atoms with Crippen LogP contribution in [0.4, 0.5) is 10.5 Å². The van der Waals surface area contributed by atoms with Gasteiger partial charge >= 0.3 is 6.03 Å². The third-order valence-corrected chi connectivity index (χ3v) is 4.74. The van der Waals surface area contributed by atoms with Crippen LogP contribution in [0, 0.1) is 13.8 Å². The Bertz CT molecular complexity index is 729. The van der Waals surface area contributed by atoms with Crippen molar-refractivity contribution in [3.05, 3.63) is 64.2 Å². The molecule has 2 amide bonds. The summed E-state index contributed by atoms with van der Waals surface area (Å²) in [5.41, 5.74) is 4.26. The molecule has 0 spiro atoms. The maximum atomic E-state index is 12.7. The van der Waals surface area contributed by atoms with E-state index >= 15 is 0 Å². The van der Waals surface area contributed by atoms with E-state index in [1.54, 1.807) is 6.07 Å². The SMILES string of the molecule is Cc1ccc(Cl)cc1NC(=O)N1CCCC1c1ccccc1C. The lowest BCUT2D eigenvalue weighted by molar-refractivity contribution is 0.207. The first kappa shape index (κ1) is 15.9. The Hall–Kier alpha value is -2.00. The number of nitrogens with zero attached hydrogens (tertiary/aromatic N) is 1. The third kappa shape index (κ3) is 3.35. The van der Waals surface area contributed by atoms with Gasteiger partial charge in [0.15, 0.2) is 0 Å². The number of amides is 2. The van der Waals surface area contributed by atoms with E-state index in [1.807, 2.05) is 36.1 Å². The molecule has 3 nitrogen and oxygen atoms in total. The predicted molar refractivity (Wildman–Crippen MR) is 95.1 cm³/mol. The number of likely N-dealkylation sites (tertiary alicyclic amines) is 1. The molecule has 2 aromatic rings. The lowest BCUT2D eigenvalue weighted by atomic mass is 9.99. The number of benzene rings is 2. The van der Waals surface area contributed by atoms with E-state index in [0.29, 0.717) is 5.02 Å². The highest BCUT2D eigenvalue weighted by Gasteiger charge is 2.30. The summed E-state index contributed by atoms with van der Waals surface area (Å²) < 4.78 is 0. The zero-order valence-corrected chi connectivity index (χ0v) is 14.2. The molecule has 1 aliphatic heterocycles. The van der Waals surface area contributed by atoms with Gasteiger partial charge in [-0.1, -0.05) is 41.9 Å². The summed E-state index contributed by atoms with van der Waals surface area (Å²) in [5.74, 6) is 0. The van der Waals surface area contributed by atoms with Crippen LogP contribution in [0.15, 0.2) is 42.5 Å². The number of anilines is 1. The van der Waals surface area contributed by atoms with Crippen LogP contribution in [-0.4, -0.2) is 17.5 Å². The summed E-state index contributed by atoms with van der Waals surface area (Å²) in [6.45, 7) is 4.85. The van der Waals surface area contributed by atoms with Gasteiger partial charge in [-0.2, -0.15) is 0 Å². The van der Waals surface area contributed by atoms with Crippen molar-refractivity contribution in [1.82, 2.24) is 4.90 Å². The van der Waals surface area contributed by atoms with Gasteiger partial charge in [-0.15, -0.1) is 0 Å². The molecule has 1 aliphatic rings. The molecule has 1 saturated heterocycles. The summed E-state index contributed by atoms with van der Waals surface area (Å²) in [6.07, 6.45) is 2.04. The first-order valence-electron chi connectivity index (χ1n) is 7.95. The lowest BCUT2D eigenvalue weighted by Gasteiger charge is -2.27. The van der Waals surface area contributed by atoms with Gasteiger partial charge in [-0.3, -0.25) is 0 Å². The van der Waals surface area contributed by atoms with Crippen molar-refractivity contribution < 1.29 is 4.79 Å². The van der Waals surface area contributed by atoms with E-state index < -0.39 is 0 Å². The van der Waals surface area contributed by atoms with Gasteiger partial charge in [-0.25, -0.2) is 4.79 Å². The second-order valence-electron chi connectivity index (χ2n) is 6.10. The smallest absolute Gasteiger partial charge is 0.317 e. The molecular formula is C19H21ClN2O. The summed E-state index contributed by atoms with van der Waals surface area (Å²) in [6, 6.07) is 13.9. The highest BCUT2D eigenvalue weighted by molar-refractivity contribution is 6.31. The lowest BCUT2D eigenvalue weighted by Crippen LogP contribution is -2.34. The van der Waals surface area contributed by atoms with Crippen molar-refractivity contribution in [2.24, 2.45) is 0 Å². The van der Waals surface area contributed by atoms with Gasteiger partial charge in [0, 0.05) is 17.3 Å². The van der Waals surface area contributed by atoms with E-state index in [1.165, 1.54) is 11.1 Å². The average molecular weight is 329 g/mol. The minimum Gasteiger partial charge on any atom is -0.317 e. The van der Waals surface area contributed by atoms with Gasteiger partial charge in [-0.05, 0) is 55.5 Å². The molecule has 1 N–H and O–H groups in total. The maximum absolute atomic E-state index is 12.7. The van der Waals surface area contributed by atoms with Crippen LogP contribution in [0.3, 0.4) is 0 Å². The molecule has 1 heterocycles. The normalized spacial score (nSPS) is 17.3. The molecule has 3 rings (SSSR count). The molecule has 2 aromatic carbocycles. The van der Waals surface area contributed by atoms with Crippen molar-refractivity contribution in [3.63, 3.8) is 0 Å². The number of carbonyl (C=O) groups is 1. The molecule has 0 saturated carbocycles. The zero-order valence-electron chi connectivity index (χ0n) is 13.5. The Balaban J connectivity index is 1.81. The number of aryl methyl sites for hydroxylation is 2. The Morgan fingerprint density at radius 1 is 1.17 bits per heavy atom.